The highest BCUT2D eigenvalue weighted by atomic mass is 79.9. The fourth-order valence-electron chi connectivity index (χ4n) is 1.51. The van der Waals surface area contributed by atoms with Crippen molar-refractivity contribution in [1.82, 2.24) is 10.2 Å². The van der Waals surface area contributed by atoms with Crippen LogP contribution in [0.3, 0.4) is 0 Å². The molecule has 1 N–H and O–H groups in total. The van der Waals surface area contributed by atoms with Crippen LogP contribution in [0.1, 0.15) is 12.5 Å². The molecule has 1 aromatic carbocycles. The zero-order valence-electron chi connectivity index (χ0n) is 10.4. The number of carbonyl (C=O) groups excluding carboxylic acids is 1. The molecular weight excluding hydrogens is 322 g/mol. The van der Waals surface area contributed by atoms with E-state index in [0.717, 1.165) is 4.47 Å². The number of likely N-dealkylation sites (N-methyl/N-ethyl adjacent to an activating group) is 2. The summed E-state index contributed by atoms with van der Waals surface area (Å²) in [5.74, 6) is -0.321. The Morgan fingerprint density at radius 3 is 2.72 bits per heavy atom. The highest BCUT2D eigenvalue weighted by Crippen LogP contribution is 2.17. The zero-order valence-corrected chi connectivity index (χ0v) is 12.8. The molecule has 0 aliphatic heterocycles. The molecule has 0 saturated heterocycles. The Morgan fingerprint density at radius 2 is 2.17 bits per heavy atom. The van der Waals surface area contributed by atoms with Crippen molar-refractivity contribution < 1.29 is 9.18 Å². The van der Waals surface area contributed by atoms with E-state index in [-0.39, 0.29) is 30.7 Å². The SMILES string of the molecule is CCN(Cc1cc(Br)ccc1F)C(=O)CNC.Cl. The quantitative estimate of drug-likeness (QED) is 0.894. The average molecular weight is 340 g/mol. The Hall–Kier alpha value is -0.650. The van der Waals surface area contributed by atoms with E-state index in [9.17, 15) is 9.18 Å². The minimum atomic E-state index is -0.288. The average Bonchev–Trinajstić information content (AvgIpc) is 2.30. The van der Waals surface area contributed by atoms with Crippen LogP contribution in [0.4, 0.5) is 4.39 Å². The molecule has 0 fully saturated rings. The summed E-state index contributed by atoms with van der Waals surface area (Å²) >= 11 is 3.29. The molecule has 0 aliphatic carbocycles. The number of nitrogens with one attached hydrogen (secondary N) is 1. The number of carbonyl (C=O) groups is 1. The number of hydrogen-bond acceptors (Lipinski definition) is 2. The van der Waals surface area contributed by atoms with Gasteiger partial charge in [0.1, 0.15) is 5.82 Å². The van der Waals surface area contributed by atoms with Crippen molar-refractivity contribution in [2.24, 2.45) is 0 Å². The lowest BCUT2D eigenvalue weighted by Crippen LogP contribution is -2.36. The van der Waals surface area contributed by atoms with Gasteiger partial charge in [0.05, 0.1) is 6.54 Å². The predicted molar refractivity (Wildman–Crippen MR) is 76.4 cm³/mol. The van der Waals surface area contributed by atoms with E-state index in [1.807, 2.05) is 6.92 Å². The lowest BCUT2D eigenvalue weighted by molar-refractivity contribution is -0.130. The predicted octanol–water partition coefficient (Wildman–Crippen LogP) is 2.58. The van der Waals surface area contributed by atoms with Crippen molar-refractivity contribution in [3.8, 4) is 0 Å². The van der Waals surface area contributed by atoms with Gasteiger partial charge in [0.25, 0.3) is 0 Å². The van der Waals surface area contributed by atoms with Gasteiger partial charge in [0, 0.05) is 23.1 Å². The number of amides is 1. The third kappa shape index (κ3) is 4.92. The van der Waals surface area contributed by atoms with E-state index in [0.29, 0.717) is 18.7 Å². The summed E-state index contributed by atoms with van der Waals surface area (Å²) in [7, 11) is 1.71. The molecule has 0 atom stereocenters. The molecular formula is C12H17BrClFN2O. The fourth-order valence-corrected chi connectivity index (χ4v) is 1.92. The van der Waals surface area contributed by atoms with E-state index in [4.69, 9.17) is 0 Å². The van der Waals surface area contributed by atoms with E-state index in [1.165, 1.54) is 6.07 Å². The molecule has 0 unspecified atom stereocenters. The van der Waals surface area contributed by atoms with Gasteiger partial charge in [-0.15, -0.1) is 12.4 Å². The van der Waals surface area contributed by atoms with E-state index in [2.05, 4.69) is 21.2 Å². The first kappa shape index (κ1) is 17.4. The first-order valence-corrected chi connectivity index (χ1v) is 6.24. The fraction of sp³-hybridized carbons (Fsp3) is 0.417. The molecule has 0 spiro atoms. The number of rotatable bonds is 5. The second kappa shape index (κ2) is 8.45. The van der Waals surface area contributed by atoms with Gasteiger partial charge in [0.15, 0.2) is 0 Å². The van der Waals surface area contributed by atoms with Gasteiger partial charge in [-0.3, -0.25) is 4.79 Å². The van der Waals surface area contributed by atoms with Crippen molar-refractivity contribution in [1.29, 1.82) is 0 Å². The molecule has 102 valence electrons. The van der Waals surface area contributed by atoms with Gasteiger partial charge < -0.3 is 10.2 Å². The summed E-state index contributed by atoms with van der Waals surface area (Å²) in [4.78, 5) is 13.3. The summed E-state index contributed by atoms with van der Waals surface area (Å²) < 4.78 is 14.4. The van der Waals surface area contributed by atoms with E-state index in [1.54, 1.807) is 24.1 Å². The van der Waals surface area contributed by atoms with Gasteiger partial charge in [0.2, 0.25) is 5.91 Å². The minimum Gasteiger partial charge on any atom is -0.337 e. The topological polar surface area (TPSA) is 32.3 Å². The van der Waals surface area contributed by atoms with Crippen molar-refractivity contribution >= 4 is 34.2 Å². The molecule has 1 rings (SSSR count). The number of halogens is 3. The van der Waals surface area contributed by atoms with Crippen LogP contribution in [0.25, 0.3) is 0 Å². The molecule has 18 heavy (non-hydrogen) atoms. The van der Waals surface area contributed by atoms with Crippen LogP contribution >= 0.6 is 28.3 Å². The molecule has 0 heterocycles. The standard InChI is InChI=1S/C12H16BrFN2O.ClH/c1-3-16(12(17)7-15-2)8-9-6-10(13)4-5-11(9)14;/h4-6,15H,3,7-8H2,1-2H3;1H. The van der Waals surface area contributed by atoms with E-state index >= 15 is 0 Å². The second-order valence-corrected chi connectivity index (χ2v) is 4.59. The normalized spacial score (nSPS) is 9.78. The molecule has 1 aromatic rings. The van der Waals surface area contributed by atoms with Crippen LogP contribution in [-0.2, 0) is 11.3 Å². The second-order valence-electron chi connectivity index (χ2n) is 3.67. The molecule has 3 nitrogen and oxygen atoms in total. The number of hydrogen-bond donors (Lipinski definition) is 1. The maximum absolute atomic E-state index is 13.5. The van der Waals surface area contributed by atoms with Crippen LogP contribution in [0.5, 0.6) is 0 Å². The Labute approximate surface area is 121 Å². The largest absolute Gasteiger partial charge is 0.337 e. The Balaban J connectivity index is 0.00000289. The summed E-state index contributed by atoms with van der Waals surface area (Å²) in [5.41, 5.74) is 0.519. The summed E-state index contributed by atoms with van der Waals surface area (Å²) in [6, 6.07) is 4.74. The molecule has 6 heteroatoms. The van der Waals surface area contributed by atoms with E-state index < -0.39 is 0 Å². The highest BCUT2D eigenvalue weighted by Gasteiger charge is 2.13. The monoisotopic (exact) mass is 338 g/mol. The summed E-state index contributed by atoms with van der Waals surface area (Å²) in [6.45, 7) is 3.00. The molecule has 0 radical (unpaired) electrons. The van der Waals surface area contributed by atoms with Gasteiger partial charge in [-0.25, -0.2) is 4.39 Å². The lowest BCUT2D eigenvalue weighted by Gasteiger charge is -2.21. The van der Waals surface area contributed by atoms with Gasteiger partial charge in [-0.05, 0) is 32.2 Å². The van der Waals surface area contributed by atoms with Gasteiger partial charge in [-0.2, -0.15) is 0 Å². The van der Waals surface area contributed by atoms with Crippen LogP contribution in [0.15, 0.2) is 22.7 Å². The van der Waals surface area contributed by atoms with Gasteiger partial charge in [-0.1, -0.05) is 15.9 Å². The molecule has 0 aromatic heterocycles. The Bertz CT molecular complexity index is 404. The van der Waals surface area contributed by atoms with Crippen LogP contribution in [0.2, 0.25) is 0 Å². The van der Waals surface area contributed by atoms with Crippen LogP contribution < -0.4 is 5.32 Å². The first-order chi connectivity index (χ1) is 8.08. The smallest absolute Gasteiger partial charge is 0.236 e. The minimum absolute atomic E-state index is 0. The van der Waals surface area contributed by atoms with Crippen LogP contribution in [0, 0.1) is 5.82 Å². The highest BCUT2D eigenvalue weighted by molar-refractivity contribution is 9.10. The first-order valence-electron chi connectivity index (χ1n) is 5.44. The zero-order chi connectivity index (χ0) is 12.8. The van der Waals surface area contributed by atoms with Crippen molar-refractivity contribution in [2.45, 2.75) is 13.5 Å². The maximum Gasteiger partial charge on any atom is 0.236 e. The third-order valence-electron chi connectivity index (χ3n) is 2.43. The third-order valence-corrected chi connectivity index (χ3v) is 2.92. The molecule has 0 saturated carbocycles. The van der Waals surface area contributed by atoms with Crippen molar-refractivity contribution in [3.05, 3.63) is 34.1 Å². The maximum atomic E-state index is 13.5. The Kier molecular flexibility index (Phi) is 8.15. The van der Waals surface area contributed by atoms with Crippen molar-refractivity contribution in [3.63, 3.8) is 0 Å². The number of benzene rings is 1. The summed E-state index contributed by atoms with van der Waals surface area (Å²) in [5, 5.41) is 2.80. The summed E-state index contributed by atoms with van der Waals surface area (Å²) in [6.07, 6.45) is 0. The lowest BCUT2D eigenvalue weighted by atomic mass is 10.2. The van der Waals surface area contributed by atoms with Crippen LogP contribution in [-0.4, -0.2) is 30.9 Å². The molecule has 0 aliphatic rings. The number of nitrogens with zero attached hydrogens (tertiary/aromatic N) is 1. The van der Waals surface area contributed by atoms with Gasteiger partial charge >= 0.3 is 0 Å². The molecule has 0 bridgehead atoms. The van der Waals surface area contributed by atoms with Crippen molar-refractivity contribution in [2.75, 3.05) is 20.1 Å². The molecule has 1 amide bonds. The Morgan fingerprint density at radius 1 is 1.50 bits per heavy atom.